The third kappa shape index (κ3) is 6.71. The molecule has 4 nitrogen and oxygen atoms in total. The Balaban J connectivity index is -0.000000403. The van der Waals surface area contributed by atoms with E-state index in [4.69, 9.17) is 0 Å². The Morgan fingerprint density at radius 1 is 1.07 bits per heavy atom. The second kappa shape index (κ2) is 10.8. The van der Waals surface area contributed by atoms with Crippen LogP contribution in [0.25, 0.3) is 0 Å². The van der Waals surface area contributed by atoms with E-state index in [-0.39, 0.29) is 100.0 Å². The molecule has 0 N–H and O–H groups in total. The average Bonchev–Trinajstić information content (AvgIpc) is 1.95. The van der Waals surface area contributed by atoms with Gasteiger partial charge < -0.3 is 20.6 Å². The van der Waals surface area contributed by atoms with Gasteiger partial charge in [0.15, 0.2) is 0 Å². The summed E-state index contributed by atoms with van der Waals surface area (Å²) in [4.78, 5) is 0. The van der Waals surface area contributed by atoms with Gasteiger partial charge in [0.2, 0.25) is 0 Å². The molecule has 0 saturated carbocycles. The van der Waals surface area contributed by atoms with Gasteiger partial charge in [0, 0.05) is 6.21 Å². The summed E-state index contributed by atoms with van der Waals surface area (Å²) in [5.74, 6) is -0.838. The normalized spacial score (nSPS) is 8.29. The standard InChI is InChI=1S/C7H7NO3.3Na/c9-6-2-1-5(4-8-11)7(10)3-6;;;/h1-4,9-11H;;;/q;3*+1/p-3/b8-4-;;;. The number of benzene rings is 1. The van der Waals surface area contributed by atoms with Crippen LogP contribution in [0, 0.1) is 5.21 Å². The third-order valence-electron chi connectivity index (χ3n) is 1.18. The van der Waals surface area contributed by atoms with Crippen molar-refractivity contribution in [2.24, 2.45) is 5.16 Å². The summed E-state index contributed by atoms with van der Waals surface area (Å²) in [6.07, 6.45) is 0.877. The second-order valence-electron chi connectivity index (χ2n) is 1.93. The van der Waals surface area contributed by atoms with E-state index in [0.29, 0.717) is 0 Å². The fraction of sp³-hybridized carbons (Fsp3) is 0. The van der Waals surface area contributed by atoms with Crippen molar-refractivity contribution in [2.75, 3.05) is 0 Å². The molecule has 0 unspecified atom stereocenters. The molecule has 0 heterocycles. The molecule has 0 fully saturated rings. The van der Waals surface area contributed by atoms with E-state index in [1.165, 1.54) is 12.1 Å². The van der Waals surface area contributed by atoms with Gasteiger partial charge in [0.05, 0.1) is 0 Å². The van der Waals surface area contributed by atoms with Gasteiger partial charge in [-0.25, -0.2) is 0 Å². The molecule has 0 spiro atoms. The fourth-order valence-corrected chi connectivity index (χ4v) is 0.678. The van der Waals surface area contributed by atoms with Crippen LogP contribution in [0.4, 0.5) is 0 Å². The zero-order chi connectivity index (χ0) is 8.27. The molecular formula is C7H4NNa3O3. The largest absolute Gasteiger partial charge is 1.00 e. The Bertz CT molecular complexity index is 294. The molecule has 1 rings (SSSR count). The van der Waals surface area contributed by atoms with Crippen LogP contribution >= 0.6 is 0 Å². The number of nitrogens with zero attached hydrogens (tertiary/aromatic N) is 1. The van der Waals surface area contributed by atoms with Gasteiger partial charge >= 0.3 is 88.7 Å². The summed E-state index contributed by atoms with van der Waals surface area (Å²) in [6.45, 7) is 0. The minimum absolute atomic E-state index is 0. The molecular weight excluding hydrogens is 215 g/mol. The number of hydrogen-bond donors (Lipinski definition) is 0. The predicted molar refractivity (Wildman–Crippen MR) is 36.3 cm³/mol. The summed E-state index contributed by atoms with van der Waals surface area (Å²) >= 11 is 0. The van der Waals surface area contributed by atoms with Gasteiger partial charge in [0.25, 0.3) is 0 Å². The minimum Gasteiger partial charge on any atom is -0.872 e. The molecule has 58 valence electrons. The number of rotatable bonds is 1. The SMILES string of the molecule is [Na+].[Na+].[Na+].[O-]/N=C\c1ccc([O-])cc1[O-]. The van der Waals surface area contributed by atoms with E-state index in [1.807, 2.05) is 0 Å². The maximum absolute atomic E-state index is 10.8. The van der Waals surface area contributed by atoms with E-state index < -0.39 is 5.75 Å². The van der Waals surface area contributed by atoms with Crippen molar-refractivity contribution < 1.29 is 98.9 Å². The zero-order valence-electron chi connectivity index (χ0n) is 8.48. The van der Waals surface area contributed by atoms with Crippen molar-refractivity contribution in [1.29, 1.82) is 0 Å². The van der Waals surface area contributed by atoms with Crippen LogP contribution in [-0.4, -0.2) is 6.21 Å². The Kier molecular flexibility index (Phi) is 15.9. The molecule has 0 aliphatic carbocycles. The van der Waals surface area contributed by atoms with Crippen LogP contribution in [0.5, 0.6) is 11.5 Å². The second-order valence-corrected chi connectivity index (χ2v) is 1.93. The van der Waals surface area contributed by atoms with Gasteiger partial charge in [0.1, 0.15) is 0 Å². The van der Waals surface area contributed by atoms with Crippen molar-refractivity contribution in [3.8, 4) is 11.5 Å². The van der Waals surface area contributed by atoms with Gasteiger partial charge in [-0.3, -0.25) is 0 Å². The fourth-order valence-electron chi connectivity index (χ4n) is 0.678. The third-order valence-corrected chi connectivity index (χ3v) is 1.18. The monoisotopic (exact) mass is 219 g/mol. The van der Waals surface area contributed by atoms with Crippen LogP contribution in [0.15, 0.2) is 23.4 Å². The molecule has 1 aromatic rings. The maximum Gasteiger partial charge on any atom is 1.00 e. The quantitative estimate of drug-likeness (QED) is 0.267. The summed E-state index contributed by atoms with van der Waals surface area (Å²) in [7, 11) is 0. The summed E-state index contributed by atoms with van der Waals surface area (Å²) < 4.78 is 0. The van der Waals surface area contributed by atoms with Crippen LogP contribution in [0.2, 0.25) is 0 Å². The summed E-state index contributed by atoms with van der Waals surface area (Å²) in [6, 6.07) is 3.39. The van der Waals surface area contributed by atoms with E-state index in [2.05, 4.69) is 5.16 Å². The Morgan fingerprint density at radius 2 is 1.64 bits per heavy atom. The Hall–Kier alpha value is 1.29. The molecule has 0 aromatic heterocycles. The molecule has 14 heavy (non-hydrogen) atoms. The molecule has 0 radical (unpaired) electrons. The van der Waals surface area contributed by atoms with Crippen molar-refractivity contribution in [2.45, 2.75) is 0 Å². The molecule has 0 atom stereocenters. The van der Waals surface area contributed by atoms with Crippen LogP contribution < -0.4 is 98.9 Å². The number of hydrogen-bond acceptors (Lipinski definition) is 4. The van der Waals surface area contributed by atoms with Gasteiger partial charge in [-0.05, 0) is 5.56 Å². The van der Waals surface area contributed by atoms with Crippen LogP contribution in [-0.2, 0) is 0 Å². The first-order chi connectivity index (χ1) is 5.24. The van der Waals surface area contributed by atoms with Gasteiger partial charge in [-0.1, -0.05) is 18.2 Å². The molecule has 0 aliphatic heterocycles. The summed E-state index contributed by atoms with van der Waals surface area (Å²) in [5, 5.41) is 33.4. The van der Waals surface area contributed by atoms with Gasteiger partial charge in [-0.2, -0.15) is 0 Å². The van der Waals surface area contributed by atoms with Crippen molar-refractivity contribution in [1.82, 2.24) is 0 Å². The first-order valence-corrected chi connectivity index (χ1v) is 2.88. The van der Waals surface area contributed by atoms with Crippen LogP contribution in [0.3, 0.4) is 0 Å². The molecule has 0 bridgehead atoms. The average molecular weight is 219 g/mol. The molecule has 0 saturated heterocycles. The molecule has 0 amide bonds. The first kappa shape index (κ1) is 20.7. The molecule has 0 aliphatic rings. The smallest absolute Gasteiger partial charge is 0.872 e. The first-order valence-electron chi connectivity index (χ1n) is 2.88. The summed E-state index contributed by atoms with van der Waals surface area (Å²) in [5.41, 5.74) is 0.139. The van der Waals surface area contributed by atoms with E-state index >= 15 is 0 Å². The molecule has 7 heteroatoms. The van der Waals surface area contributed by atoms with E-state index in [0.717, 1.165) is 12.3 Å². The Morgan fingerprint density at radius 3 is 2.07 bits per heavy atom. The maximum atomic E-state index is 10.8. The topological polar surface area (TPSA) is 81.5 Å². The van der Waals surface area contributed by atoms with E-state index in [1.54, 1.807) is 0 Å². The minimum atomic E-state index is -0.475. The predicted octanol–water partition coefficient (Wildman–Crippen LogP) is -9.24. The van der Waals surface area contributed by atoms with Gasteiger partial charge in [-0.15, -0.1) is 11.5 Å². The van der Waals surface area contributed by atoms with Crippen LogP contribution in [0.1, 0.15) is 5.56 Å². The molecule has 1 aromatic carbocycles. The zero-order valence-corrected chi connectivity index (χ0v) is 14.5. The van der Waals surface area contributed by atoms with Crippen molar-refractivity contribution >= 4 is 6.21 Å². The Labute approximate surface area is 148 Å². The van der Waals surface area contributed by atoms with Crippen molar-refractivity contribution in [3.63, 3.8) is 0 Å². The van der Waals surface area contributed by atoms with E-state index in [9.17, 15) is 15.4 Å². The van der Waals surface area contributed by atoms with Crippen molar-refractivity contribution in [3.05, 3.63) is 29.0 Å².